The summed E-state index contributed by atoms with van der Waals surface area (Å²) in [6.07, 6.45) is 0. The molecule has 0 aliphatic heterocycles. The fraction of sp³-hybridized carbons (Fsp3) is 0.0909. The summed E-state index contributed by atoms with van der Waals surface area (Å²) >= 11 is 18.4. The molecule has 0 saturated carbocycles. The molecule has 0 unspecified atom stereocenters. The van der Waals surface area contributed by atoms with Crippen LogP contribution in [0.1, 0.15) is 5.56 Å². The number of halogens is 3. The highest BCUT2D eigenvalue weighted by molar-refractivity contribution is 7.91. The smallest absolute Gasteiger partial charge is 0.206 e. The van der Waals surface area contributed by atoms with Crippen LogP contribution in [-0.2, 0) is 16.6 Å². The molecule has 0 aliphatic carbocycles. The highest BCUT2D eigenvalue weighted by Gasteiger charge is 2.16. The maximum Gasteiger partial charge on any atom is 0.250 e. The van der Waals surface area contributed by atoms with Gasteiger partial charge in [0.25, 0.3) is 0 Å². The third-order valence-electron chi connectivity index (χ3n) is 2.26. The van der Waals surface area contributed by atoms with Gasteiger partial charge in [-0.05, 0) is 29.8 Å². The lowest BCUT2D eigenvalue weighted by atomic mass is 10.2. The monoisotopic (exact) mass is 355 g/mol. The van der Waals surface area contributed by atoms with Crippen molar-refractivity contribution in [2.24, 2.45) is 0 Å². The summed E-state index contributed by atoms with van der Waals surface area (Å²) in [7, 11) is -3.55. The van der Waals surface area contributed by atoms with Gasteiger partial charge in [-0.2, -0.15) is 0 Å². The number of rotatable bonds is 4. The van der Waals surface area contributed by atoms with Crippen molar-refractivity contribution in [3.63, 3.8) is 0 Å². The molecule has 0 radical (unpaired) electrons. The zero-order valence-corrected chi connectivity index (χ0v) is 13.3. The number of nitrogens with one attached hydrogen (secondary N) is 1. The van der Waals surface area contributed by atoms with Crippen molar-refractivity contribution < 1.29 is 8.42 Å². The van der Waals surface area contributed by atoms with E-state index in [0.717, 1.165) is 16.9 Å². The second-order valence-corrected chi connectivity index (χ2v) is 8.15. The molecule has 8 heteroatoms. The number of benzene rings is 1. The van der Waals surface area contributed by atoms with Crippen molar-refractivity contribution in [2.75, 3.05) is 0 Å². The van der Waals surface area contributed by atoms with E-state index in [1.165, 1.54) is 6.07 Å². The molecule has 0 aliphatic rings. The van der Waals surface area contributed by atoms with Gasteiger partial charge in [-0.1, -0.05) is 40.9 Å². The molecule has 1 heterocycles. The van der Waals surface area contributed by atoms with Crippen LogP contribution in [0, 0.1) is 0 Å². The summed E-state index contributed by atoms with van der Waals surface area (Å²) < 4.78 is 27.0. The molecule has 1 aromatic heterocycles. The molecule has 2 rings (SSSR count). The molecule has 1 N–H and O–H groups in total. The third-order valence-corrected chi connectivity index (χ3v) is 6.13. The van der Waals surface area contributed by atoms with Crippen LogP contribution in [-0.4, -0.2) is 8.42 Å². The van der Waals surface area contributed by atoms with Crippen LogP contribution in [0.4, 0.5) is 0 Å². The molecule has 0 amide bonds. The predicted molar refractivity (Wildman–Crippen MR) is 79.8 cm³/mol. The number of hydrogen-bond donors (Lipinski definition) is 1. The van der Waals surface area contributed by atoms with E-state index in [-0.39, 0.29) is 10.8 Å². The van der Waals surface area contributed by atoms with Crippen LogP contribution < -0.4 is 4.72 Å². The summed E-state index contributed by atoms with van der Waals surface area (Å²) in [5.41, 5.74) is 0.723. The van der Waals surface area contributed by atoms with E-state index in [1.807, 2.05) is 0 Å². The molecule has 0 saturated heterocycles. The van der Waals surface area contributed by atoms with Gasteiger partial charge in [0.2, 0.25) is 10.0 Å². The lowest BCUT2D eigenvalue weighted by Crippen LogP contribution is -2.22. The first kappa shape index (κ1) is 15.1. The lowest BCUT2D eigenvalue weighted by Gasteiger charge is -2.06. The Morgan fingerprint density at radius 1 is 1.05 bits per heavy atom. The zero-order chi connectivity index (χ0) is 14.0. The number of sulfonamides is 1. The van der Waals surface area contributed by atoms with Gasteiger partial charge < -0.3 is 0 Å². The predicted octanol–water partition coefficient (Wildman–Crippen LogP) is 4.19. The maximum absolute atomic E-state index is 12.0. The SMILES string of the molecule is O=S(=O)(NCc1ccc(Cl)c(Cl)c1)c1ccc(Cl)s1. The van der Waals surface area contributed by atoms with Gasteiger partial charge in [0.15, 0.2) is 0 Å². The Bertz CT molecular complexity index is 698. The van der Waals surface area contributed by atoms with Crippen LogP contribution in [0.25, 0.3) is 0 Å². The van der Waals surface area contributed by atoms with Crippen molar-refractivity contribution >= 4 is 56.2 Å². The fourth-order valence-corrected chi connectivity index (χ4v) is 4.21. The van der Waals surface area contributed by atoms with Gasteiger partial charge in [-0.3, -0.25) is 0 Å². The van der Waals surface area contributed by atoms with Gasteiger partial charge in [0.05, 0.1) is 14.4 Å². The van der Waals surface area contributed by atoms with E-state index >= 15 is 0 Å². The summed E-state index contributed by atoms with van der Waals surface area (Å²) in [5.74, 6) is 0. The van der Waals surface area contributed by atoms with Gasteiger partial charge >= 0.3 is 0 Å². The minimum atomic E-state index is -3.55. The van der Waals surface area contributed by atoms with Crippen LogP contribution in [0.3, 0.4) is 0 Å². The van der Waals surface area contributed by atoms with E-state index < -0.39 is 10.0 Å². The quantitative estimate of drug-likeness (QED) is 0.893. The maximum atomic E-state index is 12.0. The van der Waals surface area contributed by atoms with Crippen molar-refractivity contribution in [2.45, 2.75) is 10.8 Å². The zero-order valence-electron chi connectivity index (χ0n) is 9.36. The van der Waals surface area contributed by atoms with E-state index in [4.69, 9.17) is 34.8 Å². The molecule has 0 spiro atoms. The molecule has 0 atom stereocenters. The second-order valence-electron chi connectivity index (χ2n) is 3.63. The van der Waals surface area contributed by atoms with E-state index in [0.29, 0.717) is 14.4 Å². The second kappa shape index (κ2) is 5.99. The van der Waals surface area contributed by atoms with Gasteiger partial charge in [-0.25, -0.2) is 13.1 Å². The van der Waals surface area contributed by atoms with E-state index in [2.05, 4.69) is 4.72 Å². The van der Waals surface area contributed by atoms with Gasteiger partial charge in [-0.15, -0.1) is 11.3 Å². The fourth-order valence-electron chi connectivity index (χ4n) is 1.34. The Hall–Kier alpha value is -0.300. The summed E-state index contributed by atoms with van der Waals surface area (Å²) in [4.78, 5) is 0. The highest BCUT2D eigenvalue weighted by atomic mass is 35.5. The Labute approximate surface area is 130 Å². The van der Waals surface area contributed by atoms with Crippen LogP contribution in [0.15, 0.2) is 34.5 Å². The third kappa shape index (κ3) is 3.84. The van der Waals surface area contributed by atoms with Crippen LogP contribution in [0.2, 0.25) is 14.4 Å². The molecule has 19 heavy (non-hydrogen) atoms. The van der Waals surface area contributed by atoms with Crippen LogP contribution in [0.5, 0.6) is 0 Å². The van der Waals surface area contributed by atoms with Crippen molar-refractivity contribution in [1.82, 2.24) is 4.72 Å². The highest BCUT2D eigenvalue weighted by Crippen LogP contribution is 2.26. The molecule has 3 nitrogen and oxygen atoms in total. The van der Waals surface area contributed by atoms with Gasteiger partial charge in [0.1, 0.15) is 4.21 Å². The molecule has 0 bridgehead atoms. The Balaban J connectivity index is 2.11. The van der Waals surface area contributed by atoms with Crippen molar-refractivity contribution in [3.8, 4) is 0 Å². The summed E-state index contributed by atoms with van der Waals surface area (Å²) in [6, 6.07) is 7.95. The standard InChI is InChI=1S/C11H8Cl3NO2S2/c12-8-2-1-7(5-9(8)13)6-15-19(16,17)11-4-3-10(14)18-11/h1-5,15H,6H2. The lowest BCUT2D eigenvalue weighted by molar-refractivity contribution is 0.583. The van der Waals surface area contributed by atoms with E-state index in [1.54, 1.807) is 24.3 Å². The average Bonchev–Trinajstić information content (AvgIpc) is 2.78. The van der Waals surface area contributed by atoms with Crippen molar-refractivity contribution in [3.05, 3.63) is 50.3 Å². The van der Waals surface area contributed by atoms with Gasteiger partial charge in [0, 0.05) is 6.54 Å². The summed E-state index contributed by atoms with van der Waals surface area (Å²) in [5, 5.41) is 0.816. The molecule has 102 valence electrons. The Kier molecular flexibility index (Phi) is 4.76. The van der Waals surface area contributed by atoms with Crippen LogP contribution >= 0.6 is 46.1 Å². The molecular formula is C11H8Cl3NO2S2. The average molecular weight is 357 g/mol. The van der Waals surface area contributed by atoms with E-state index in [9.17, 15) is 8.42 Å². The van der Waals surface area contributed by atoms with Crippen molar-refractivity contribution in [1.29, 1.82) is 0 Å². The topological polar surface area (TPSA) is 46.2 Å². The molecule has 1 aromatic carbocycles. The molecular weight excluding hydrogens is 349 g/mol. The number of thiophene rings is 1. The largest absolute Gasteiger partial charge is 0.250 e. The number of hydrogen-bond acceptors (Lipinski definition) is 3. The minimum absolute atomic E-state index is 0.134. The first-order chi connectivity index (χ1) is 8.88. The summed E-state index contributed by atoms with van der Waals surface area (Å²) in [6.45, 7) is 0.134. The normalized spacial score (nSPS) is 11.7. The molecule has 2 aromatic rings. The Morgan fingerprint density at radius 3 is 2.37 bits per heavy atom. The first-order valence-electron chi connectivity index (χ1n) is 5.07. The minimum Gasteiger partial charge on any atom is -0.206 e. The molecule has 0 fully saturated rings. The Morgan fingerprint density at radius 2 is 1.79 bits per heavy atom. The first-order valence-corrected chi connectivity index (χ1v) is 8.51.